The number of rotatable bonds is 4. The van der Waals surface area contributed by atoms with E-state index in [0.29, 0.717) is 16.3 Å². The zero-order valence-corrected chi connectivity index (χ0v) is 10.7. The minimum Gasteiger partial charge on any atom is -0.508 e. The van der Waals surface area contributed by atoms with Gasteiger partial charge >= 0.3 is 0 Å². The molecule has 3 N–H and O–H groups in total. The van der Waals surface area contributed by atoms with E-state index in [1.54, 1.807) is 24.3 Å². The number of benzene rings is 2. The number of phenolic OH excluding ortho intramolecular Hbond substituents is 1. The molecule has 2 aromatic rings. The lowest BCUT2D eigenvalue weighted by Gasteiger charge is -2.19. The maximum Gasteiger partial charge on any atom is 0.127 e. The first-order valence-corrected chi connectivity index (χ1v) is 6.09. The van der Waals surface area contributed by atoms with Gasteiger partial charge in [0.15, 0.2) is 0 Å². The smallest absolute Gasteiger partial charge is 0.127 e. The summed E-state index contributed by atoms with van der Waals surface area (Å²) in [5.41, 5.74) is 1.08. The average Bonchev–Trinajstić information content (AvgIpc) is 2.36. The van der Waals surface area contributed by atoms with Crippen LogP contribution in [0, 0.1) is 5.82 Å². The van der Waals surface area contributed by atoms with Gasteiger partial charge in [0, 0.05) is 6.07 Å². The molecular formula is C14H13ClFNO2. The van der Waals surface area contributed by atoms with Crippen LogP contribution in [-0.2, 0) is 0 Å². The molecule has 0 saturated carbocycles. The first kappa shape index (κ1) is 13.6. The third kappa shape index (κ3) is 3.36. The Morgan fingerprint density at radius 1 is 1.21 bits per heavy atom. The first-order chi connectivity index (χ1) is 9.10. The number of hydrogen-bond acceptors (Lipinski definition) is 3. The number of aromatic hydroxyl groups is 1. The van der Waals surface area contributed by atoms with Crippen LogP contribution >= 0.6 is 11.6 Å². The Morgan fingerprint density at radius 2 is 1.95 bits per heavy atom. The molecule has 1 unspecified atom stereocenters. The summed E-state index contributed by atoms with van der Waals surface area (Å²) in [6, 6.07) is 10.2. The molecule has 0 heterocycles. The van der Waals surface area contributed by atoms with E-state index in [4.69, 9.17) is 11.6 Å². The minimum absolute atomic E-state index is 0.186. The van der Waals surface area contributed by atoms with Crippen molar-refractivity contribution in [2.75, 3.05) is 11.9 Å². The second-order valence-corrected chi connectivity index (χ2v) is 4.51. The van der Waals surface area contributed by atoms with Crippen molar-refractivity contribution in [2.45, 2.75) is 6.04 Å². The van der Waals surface area contributed by atoms with E-state index >= 15 is 0 Å². The van der Waals surface area contributed by atoms with Crippen LogP contribution in [0.5, 0.6) is 5.75 Å². The van der Waals surface area contributed by atoms with Crippen molar-refractivity contribution in [1.29, 1.82) is 0 Å². The Bertz CT molecular complexity index is 557. The fourth-order valence-electron chi connectivity index (χ4n) is 1.80. The molecule has 0 fully saturated rings. The van der Waals surface area contributed by atoms with Crippen LogP contribution < -0.4 is 5.32 Å². The summed E-state index contributed by atoms with van der Waals surface area (Å²) in [4.78, 5) is 0. The van der Waals surface area contributed by atoms with Crippen molar-refractivity contribution in [3.63, 3.8) is 0 Å². The minimum atomic E-state index is -0.561. The molecule has 0 radical (unpaired) electrons. The van der Waals surface area contributed by atoms with Crippen LogP contribution in [-0.4, -0.2) is 16.8 Å². The van der Waals surface area contributed by atoms with E-state index in [1.807, 2.05) is 0 Å². The van der Waals surface area contributed by atoms with Gasteiger partial charge in [-0.1, -0.05) is 23.7 Å². The van der Waals surface area contributed by atoms with Crippen molar-refractivity contribution in [3.05, 3.63) is 58.9 Å². The zero-order chi connectivity index (χ0) is 13.8. The van der Waals surface area contributed by atoms with Crippen LogP contribution in [0.25, 0.3) is 0 Å². The highest BCUT2D eigenvalue weighted by molar-refractivity contribution is 6.33. The lowest BCUT2D eigenvalue weighted by atomic mass is 10.1. The van der Waals surface area contributed by atoms with E-state index in [0.717, 1.165) is 6.07 Å². The molecule has 0 amide bonds. The van der Waals surface area contributed by atoms with Crippen LogP contribution in [0.2, 0.25) is 5.02 Å². The standard InChI is InChI=1S/C14H13ClFNO2/c15-12-3-1-2-4-13(12)17-14(8-18)9-5-10(16)7-11(19)6-9/h1-7,14,17-19H,8H2. The van der Waals surface area contributed by atoms with E-state index in [9.17, 15) is 14.6 Å². The number of halogens is 2. The number of aliphatic hydroxyl groups excluding tert-OH is 1. The van der Waals surface area contributed by atoms with Gasteiger partial charge in [0.2, 0.25) is 0 Å². The van der Waals surface area contributed by atoms with Crippen molar-refractivity contribution in [2.24, 2.45) is 0 Å². The number of nitrogens with one attached hydrogen (secondary N) is 1. The van der Waals surface area contributed by atoms with Gasteiger partial charge in [0.1, 0.15) is 11.6 Å². The van der Waals surface area contributed by atoms with E-state index in [1.165, 1.54) is 12.1 Å². The van der Waals surface area contributed by atoms with Crippen molar-refractivity contribution >= 4 is 17.3 Å². The van der Waals surface area contributed by atoms with Gasteiger partial charge < -0.3 is 15.5 Å². The number of hydrogen-bond donors (Lipinski definition) is 3. The highest BCUT2D eigenvalue weighted by atomic mass is 35.5. The lowest BCUT2D eigenvalue weighted by molar-refractivity contribution is 0.276. The molecule has 3 nitrogen and oxygen atoms in total. The van der Waals surface area contributed by atoms with E-state index < -0.39 is 11.9 Å². The summed E-state index contributed by atoms with van der Waals surface area (Å²) < 4.78 is 13.2. The topological polar surface area (TPSA) is 52.5 Å². The first-order valence-electron chi connectivity index (χ1n) is 5.71. The Kier molecular flexibility index (Phi) is 4.24. The molecule has 0 aromatic heterocycles. The summed E-state index contributed by atoms with van der Waals surface area (Å²) in [5.74, 6) is -0.746. The summed E-state index contributed by atoms with van der Waals surface area (Å²) in [7, 11) is 0. The molecule has 0 bridgehead atoms. The van der Waals surface area contributed by atoms with Gasteiger partial charge in [-0.05, 0) is 29.8 Å². The van der Waals surface area contributed by atoms with Crippen LogP contribution in [0.1, 0.15) is 11.6 Å². The summed E-state index contributed by atoms with van der Waals surface area (Å²) in [5, 5.41) is 22.3. The maximum atomic E-state index is 13.2. The Hall–Kier alpha value is -1.78. The van der Waals surface area contributed by atoms with Gasteiger partial charge in [-0.25, -0.2) is 4.39 Å². The van der Waals surface area contributed by atoms with E-state index in [-0.39, 0.29) is 12.4 Å². The largest absolute Gasteiger partial charge is 0.508 e. The van der Waals surface area contributed by atoms with Crippen molar-refractivity contribution < 1.29 is 14.6 Å². The third-order valence-electron chi connectivity index (χ3n) is 2.69. The molecule has 0 spiro atoms. The van der Waals surface area contributed by atoms with Gasteiger partial charge in [0.05, 0.1) is 23.4 Å². The Labute approximate surface area is 115 Å². The number of anilines is 1. The summed E-state index contributed by atoms with van der Waals surface area (Å²) in [6.07, 6.45) is 0. The summed E-state index contributed by atoms with van der Waals surface area (Å²) in [6.45, 7) is -0.256. The second kappa shape index (κ2) is 5.91. The van der Waals surface area contributed by atoms with Gasteiger partial charge in [-0.2, -0.15) is 0 Å². The molecule has 0 saturated heterocycles. The fraction of sp³-hybridized carbons (Fsp3) is 0.143. The SMILES string of the molecule is OCC(Nc1ccccc1Cl)c1cc(O)cc(F)c1. The van der Waals surface area contributed by atoms with E-state index in [2.05, 4.69) is 5.32 Å². The average molecular weight is 282 g/mol. The highest BCUT2D eigenvalue weighted by Gasteiger charge is 2.13. The predicted molar refractivity (Wildman–Crippen MR) is 73.0 cm³/mol. The molecule has 1 atom stereocenters. The van der Waals surface area contributed by atoms with Crippen LogP contribution in [0.4, 0.5) is 10.1 Å². The molecule has 0 aliphatic carbocycles. The van der Waals surface area contributed by atoms with Gasteiger partial charge in [-0.15, -0.1) is 0 Å². The molecule has 19 heavy (non-hydrogen) atoms. The third-order valence-corrected chi connectivity index (χ3v) is 3.02. The fourth-order valence-corrected chi connectivity index (χ4v) is 1.99. The maximum absolute atomic E-state index is 13.2. The van der Waals surface area contributed by atoms with Crippen LogP contribution in [0.15, 0.2) is 42.5 Å². The second-order valence-electron chi connectivity index (χ2n) is 4.10. The van der Waals surface area contributed by atoms with Crippen LogP contribution in [0.3, 0.4) is 0 Å². The molecular weight excluding hydrogens is 269 g/mol. The summed E-state index contributed by atoms with van der Waals surface area (Å²) >= 11 is 6.01. The predicted octanol–water partition coefficient (Wildman–Crippen LogP) is 3.33. The highest BCUT2D eigenvalue weighted by Crippen LogP contribution is 2.27. The Balaban J connectivity index is 2.28. The monoisotopic (exact) mass is 281 g/mol. The van der Waals surface area contributed by atoms with Crippen molar-refractivity contribution in [3.8, 4) is 5.75 Å². The zero-order valence-electron chi connectivity index (χ0n) is 9.98. The molecule has 2 rings (SSSR count). The molecule has 0 aliphatic rings. The normalized spacial score (nSPS) is 12.2. The number of aliphatic hydroxyl groups is 1. The number of para-hydroxylation sites is 1. The van der Waals surface area contributed by atoms with Gasteiger partial charge in [-0.3, -0.25) is 0 Å². The Morgan fingerprint density at radius 3 is 2.58 bits per heavy atom. The molecule has 5 heteroatoms. The molecule has 0 aliphatic heterocycles. The molecule has 2 aromatic carbocycles. The number of phenols is 1. The molecule has 100 valence electrons. The van der Waals surface area contributed by atoms with Gasteiger partial charge in [0.25, 0.3) is 0 Å². The lowest BCUT2D eigenvalue weighted by Crippen LogP contribution is -2.15. The quantitative estimate of drug-likeness (QED) is 0.806. The van der Waals surface area contributed by atoms with Crippen molar-refractivity contribution in [1.82, 2.24) is 0 Å².